The smallest absolute Gasteiger partial charge is 0.0412 e. The average molecular weight is 259 g/mol. The predicted octanol–water partition coefficient (Wildman–Crippen LogP) is 2.31. The second-order valence-electron chi connectivity index (χ2n) is 6.11. The highest BCUT2D eigenvalue weighted by molar-refractivity contribution is 5.58. The summed E-state index contributed by atoms with van der Waals surface area (Å²) < 4.78 is 0. The second kappa shape index (κ2) is 5.14. The topological polar surface area (TPSA) is 27.3 Å². The Hall–Kier alpha value is -1.06. The molecule has 0 radical (unpaired) electrons. The summed E-state index contributed by atoms with van der Waals surface area (Å²) in [6, 6.07) is 5.31. The van der Waals surface area contributed by atoms with Gasteiger partial charge in [0.1, 0.15) is 0 Å². The van der Waals surface area contributed by atoms with Crippen LogP contribution in [0.15, 0.2) is 12.1 Å². The SMILES string of the molecule is Cc1cc2c(cc1C)C(N1CCNCC1)C(C)CN2. The van der Waals surface area contributed by atoms with Gasteiger partial charge >= 0.3 is 0 Å². The maximum atomic E-state index is 3.61. The van der Waals surface area contributed by atoms with E-state index in [1.165, 1.54) is 35.5 Å². The number of hydrogen-bond donors (Lipinski definition) is 2. The molecule has 2 unspecified atom stereocenters. The van der Waals surface area contributed by atoms with Gasteiger partial charge in [-0.05, 0) is 42.5 Å². The Bertz CT molecular complexity index is 463. The van der Waals surface area contributed by atoms with E-state index in [-0.39, 0.29) is 0 Å². The first-order chi connectivity index (χ1) is 9.16. The van der Waals surface area contributed by atoms with Crippen molar-refractivity contribution in [2.75, 3.05) is 38.0 Å². The highest BCUT2D eigenvalue weighted by Crippen LogP contribution is 2.39. The molecule has 3 nitrogen and oxygen atoms in total. The Balaban J connectivity index is 1.98. The minimum Gasteiger partial charge on any atom is -0.384 e. The Morgan fingerprint density at radius 1 is 1.11 bits per heavy atom. The lowest BCUT2D eigenvalue weighted by Crippen LogP contribution is -2.48. The van der Waals surface area contributed by atoms with Crippen LogP contribution in [0.1, 0.15) is 29.7 Å². The van der Waals surface area contributed by atoms with Crippen LogP contribution in [0.25, 0.3) is 0 Å². The predicted molar refractivity (Wildman–Crippen MR) is 80.8 cm³/mol. The van der Waals surface area contributed by atoms with E-state index in [0.29, 0.717) is 12.0 Å². The molecule has 2 aliphatic heterocycles. The molecule has 0 saturated carbocycles. The fourth-order valence-electron chi connectivity index (χ4n) is 3.44. The molecule has 2 heterocycles. The fourth-order valence-corrected chi connectivity index (χ4v) is 3.44. The van der Waals surface area contributed by atoms with Gasteiger partial charge in [0.2, 0.25) is 0 Å². The lowest BCUT2D eigenvalue weighted by molar-refractivity contribution is 0.132. The molecule has 0 amide bonds. The van der Waals surface area contributed by atoms with E-state index in [0.717, 1.165) is 19.6 Å². The third kappa shape index (κ3) is 2.37. The van der Waals surface area contributed by atoms with Gasteiger partial charge in [-0.3, -0.25) is 4.90 Å². The largest absolute Gasteiger partial charge is 0.384 e. The van der Waals surface area contributed by atoms with Crippen molar-refractivity contribution in [2.45, 2.75) is 26.8 Å². The Kier molecular flexibility index (Phi) is 3.50. The van der Waals surface area contributed by atoms with Crippen LogP contribution < -0.4 is 10.6 Å². The van der Waals surface area contributed by atoms with E-state index < -0.39 is 0 Å². The van der Waals surface area contributed by atoms with Crippen LogP contribution in [0, 0.1) is 19.8 Å². The Morgan fingerprint density at radius 3 is 2.53 bits per heavy atom. The summed E-state index contributed by atoms with van der Waals surface area (Å²) in [5.74, 6) is 0.674. The van der Waals surface area contributed by atoms with E-state index in [9.17, 15) is 0 Å². The maximum absolute atomic E-state index is 3.61. The number of aryl methyl sites for hydroxylation is 2. The van der Waals surface area contributed by atoms with Crippen molar-refractivity contribution in [1.82, 2.24) is 10.2 Å². The lowest BCUT2D eigenvalue weighted by Gasteiger charge is -2.42. The molecule has 1 aromatic rings. The van der Waals surface area contributed by atoms with Crippen molar-refractivity contribution in [3.8, 4) is 0 Å². The highest BCUT2D eigenvalue weighted by atomic mass is 15.2. The number of nitrogens with one attached hydrogen (secondary N) is 2. The lowest BCUT2D eigenvalue weighted by atomic mass is 9.86. The quantitative estimate of drug-likeness (QED) is 0.810. The molecule has 2 N–H and O–H groups in total. The second-order valence-corrected chi connectivity index (χ2v) is 6.11. The van der Waals surface area contributed by atoms with E-state index in [4.69, 9.17) is 0 Å². The van der Waals surface area contributed by atoms with E-state index in [1.54, 1.807) is 0 Å². The molecule has 19 heavy (non-hydrogen) atoms. The Labute approximate surface area is 116 Å². The van der Waals surface area contributed by atoms with Crippen molar-refractivity contribution >= 4 is 5.69 Å². The zero-order valence-electron chi connectivity index (χ0n) is 12.3. The van der Waals surface area contributed by atoms with Crippen molar-refractivity contribution in [2.24, 2.45) is 5.92 Å². The Morgan fingerprint density at radius 2 is 1.79 bits per heavy atom. The highest BCUT2D eigenvalue weighted by Gasteiger charge is 2.32. The van der Waals surface area contributed by atoms with Gasteiger partial charge < -0.3 is 10.6 Å². The molecule has 1 fully saturated rings. The van der Waals surface area contributed by atoms with Crippen LogP contribution in [0.5, 0.6) is 0 Å². The molecular formula is C16H25N3. The summed E-state index contributed by atoms with van der Waals surface area (Å²) >= 11 is 0. The van der Waals surface area contributed by atoms with Crippen molar-refractivity contribution in [3.05, 3.63) is 28.8 Å². The zero-order chi connectivity index (χ0) is 13.4. The molecule has 1 aromatic carbocycles. The fraction of sp³-hybridized carbons (Fsp3) is 0.625. The number of nitrogens with zero attached hydrogens (tertiary/aromatic N) is 1. The van der Waals surface area contributed by atoms with Crippen molar-refractivity contribution in [1.29, 1.82) is 0 Å². The third-order valence-electron chi connectivity index (χ3n) is 4.68. The van der Waals surface area contributed by atoms with Gasteiger partial charge in [-0.15, -0.1) is 0 Å². The third-order valence-corrected chi connectivity index (χ3v) is 4.68. The molecule has 2 atom stereocenters. The number of anilines is 1. The molecule has 0 spiro atoms. The van der Waals surface area contributed by atoms with Gasteiger partial charge in [-0.2, -0.15) is 0 Å². The molecule has 104 valence electrons. The van der Waals surface area contributed by atoms with Gasteiger partial charge in [0.15, 0.2) is 0 Å². The summed E-state index contributed by atoms with van der Waals surface area (Å²) in [4.78, 5) is 2.66. The number of hydrogen-bond acceptors (Lipinski definition) is 3. The normalized spacial score (nSPS) is 27.7. The minimum atomic E-state index is 0.581. The van der Waals surface area contributed by atoms with Crippen LogP contribution >= 0.6 is 0 Å². The molecule has 3 heteroatoms. The van der Waals surface area contributed by atoms with Gasteiger partial charge in [0.25, 0.3) is 0 Å². The van der Waals surface area contributed by atoms with E-state index in [2.05, 4.69) is 48.4 Å². The molecule has 1 saturated heterocycles. The molecule has 0 bridgehead atoms. The maximum Gasteiger partial charge on any atom is 0.0412 e. The monoisotopic (exact) mass is 259 g/mol. The number of piperazine rings is 1. The van der Waals surface area contributed by atoms with Crippen LogP contribution in [0.4, 0.5) is 5.69 Å². The average Bonchev–Trinajstić information content (AvgIpc) is 2.42. The van der Waals surface area contributed by atoms with Gasteiger partial charge in [-0.1, -0.05) is 13.0 Å². The first-order valence-corrected chi connectivity index (χ1v) is 7.46. The molecule has 0 aromatic heterocycles. The number of fused-ring (bicyclic) bond motifs is 1. The van der Waals surface area contributed by atoms with E-state index in [1.807, 2.05) is 0 Å². The van der Waals surface area contributed by atoms with Crippen LogP contribution in [-0.4, -0.2) is 37.6 Å². The number of rotatable bonds is 1. The van der Waals surface area contributed by atoms with Crippen molar-refractivity contribution in [3.63, 3.8) is 0 Å². The summed E-state index contributed by atoms with van der Waals surface area (Å²) in [5, 5.41) is 7.06. The minimum absolute atomic E-state index is 0.581. The first-order valence-electron chi connectivity index (χ1n) is 7.46. The zero-order valence-corrected chi connectivity index (χ0v) is 12.3. The van der Waals surface area contributed by atoms with Crippen LogP contribution in [0.3, 0.4) is 0 Å². The van der Waals surface area contributed by atoms with Gasteiger partial charge in [0, 0.05) is 44.5 Å². The van der Waals surface area contributed by atoms with Gasteiger partial charge in [0.05, 0.1) is 0 Å². The number of benzene rings is 1. The van der Waals surface area contributed by atoms with Crippen LogP contribution in [-0.2, 0) is 0 Å². The van der Waals surface area contributed by atoms with Crippen molar-refractivity contribution < 1.29 is 0 Å². The summed E-state index contributed by atoms with van der Waals surface area (Å²) in [6.07, 6.45) is 0. The van der Waals surface area contributed by atoms with Crippen LogP contribution in [0.2, 0.25) is 0 Å². The standard InChI is InChI=1S/C16H25N3/c1-11-8-14-15(9-12(11)2)18-10-13(3)16(14)19-6-4-17-5-7-19/h8-9,13,16-18H,4-7,10H2,1-3H3. The molecular weight excluding hydrogens is 234 g/mol. The van der Waals surface area contributed by atoms with E-state index >= 15 is 0 Å². The molecule has 2 aliphatic rings. The molecule has 3 rings (SSSR count). The summed E-state index contributed by atoms with van der Waals surface area (Å²) in [7, 11) is 0. The summed E-state index contributed by atoms with van der Waals surface area (Å²) in [5.41, 5.74) is 5.66. The summed E-state index contributed by atoms with van der Waals surface area (Å²) in [6.45, 7) is 12.5. The molecule has 0 aliphatic carbocycles. The van der Waals surface area contributed by atoms with Gasteiger partial charge in [-0.25, -0.2) is 0 Å². The first kappa shape index (κ1) is 12.9.